The summed E-state index contributed by atoms with van der Waals surface area (Å²) in [6, 6.07) is 15.7. The summed E-state index contributed by atoms with van der Waals surface area (Å²) in [5, 5.41) is 18.0. The summed E-state index contributed by atoms with van der Waals surface area (Å²) in [7, 11) is 0. The molecule has 0 fully saturated rings. The molecule has 1 aromatic carbocycles. The first-order chi connectivity index (χ1) is 12.7. The van der Waals surface area contributed by atoms with Gasteiger partial charge in [0.15, 0.2) is 6.20 Å². The SMILES string of the molecule is Cc1cccc(-c2nn3c(c2-c2cc[n+]([O-])c4ccccc24)CCC3)n1. The molecule has 0 saturated heterocycles. The Balaban J connectivity index is 1.85. The maximum absolute atomic E-state index is 12.2. The molecule has 5 rings (SSSR count). The largest absolute Gasteiger partial charge is 0.618 e. The fraction of sp³-hybridized carbons (Fsp3) is 0.190. The molecule has 1 aliphatic rings. The van der Waals surface area contributed by atoms with Crippen LogP contribution >= 0.6 is 0 Å². The van der Waals surface area contributed by atoms with Crippen molar-refractivity contribution >= 4 is 10.9 Å². The highest BCUT2D eigenvalue weighted by molar-refractivity contribution is 5.97. The predicted octanol–water partition coefficient (Wildman–Crippen LogP) is 3.65. The first-order valence-corrected chi connectivity index (χ1v) is 8.87. The minimum atomic E-state index is 0.672. The van der Waals surface area contributed by atoms with Gasteiger partial charge in [0.2, 0.25) is 5.52 Å². The second-order valence-corrected chi connectivity index (χ2v) is 6.73. The number of pyridine rings is 2. The number of aryl methyl sites for hydroxylation is 2. The summed E-state index contributed by atoms with van der Waals surface area (Å²) < 4.78 is 3.02. The maximum atomic E-state index is 12.2. The number of hydrogen-bond acceptors (Lipinski definition) is 3. The summed E-state index contributed by atoms with van der Waals surface area (Å²) in [5.41, 5.74) is 6.81. The molecule has 0 saturated carbocycles. The van der Waals surface area contributed by atoms with Crippen LogP contribution < -0.4 is 4.73 Å². The van der Waals surface area contributed by atoms with Crippen molar-refractivity contribution in [3.63, 3.8) is 0 Å². The topological polar surface area (TPSA) is 57.6 Å². The van der Waals surface area contributed by atoms with Gasteiger partial charge >= 0.3 is 0 Å². The number of hydrogen-bond donors (Lipinski definition) is 0. The fourth-order valence-electron chi connectivity index (χ4n) is 3.89. The van der Waals surface area contributed by atoms with E-state index in [1.807, 2.05) is 55.5 Å². The van der Waals surface area contributed by atoms with Gasteiger partial charge < -0.3 is 5.21 Å². The van der Waals surface area contributed by atoms with E-state index in [1.165, 1.54) is 5.69 Å². The molecule has 128 valence electrons. The van der Waals surface area contributed by atoms with Crippen LogP contribution in [0.1, 0.15) is 17.8 Å². The number of fused-ring (bicyclic) bond motifs is 2. The quantitative estimate of drug-likeness (QED) is 0.413. The Hall–Kier alpha value is -3.21. The average molecular weight is 342 g/mol. The smallest absolute Gasteiger partial charge is 0.224 e. The van der Waals surface area contributed by atoms with E-state index in [2.05, 4.69) is 4.68 Å². The first kappa shape index (κ1) is 15.1. The van der Waals surface area contributed by atoms with E-state index in [4.69, 9.17) is 10.1 Å². The van der Waals surface area contributed by atoms with Crippen LogP contribution in [-0.4, -0.2) is 14.8 Å². The van der Waals surface area contributed by atoms with E-state index in [0.717, 1.165) is 57.7 Å². The third-order valence-corrected chi connectivity index (χ3v) is 5.05. The zero-order chi connectivity index (χ0) is 17.7. The van der Waals surface area contributed by atoms with Gasteiger partial charge in [-0.2, -0.15) is 9.83 Å². The molecule has 5 nitrogen and oxygen atoms in total. The van der Waals surface area contributed by atoms with Crippen molar-refractivity contribution in [2.24, 2.45) is 0 Å². The minimum Gasteiger partial charge on any atom is -0.618 e. The molecule has 0 aliphatic carbocycles. The van der Waals surface area contributed by atoms with Crippen molar-refractivity contribution in [3.05, 3.63) is 71.3 Å². The van der Waals surface area contributed by atoms with Crippen molar-refractivity contribution in [1.29, 1.82) is 0 Å². The molecule has 1 aliphatic heterocycles. The lowest BCUT2D eigenvalue weighted by molar-refractivity contribution is -0.576. The molecule has 5 heteroatoms. The van der Waals surface area contributed by atoms with Crippen molar-refractivity contribution in [2.75, 3.05) is 0 Å². The molecule has 0 N–H and O–H groups in total. The van der Waals surface area contributed by atoms with E-state index < -0.39 is 0 Å². The molecule has 4 aromatic rings. The molecule has 0 amide bonds. The summed E-state index contributed by atoms with van der Waals surface area (Å²) in [5.74, 6) is 0. The van der Waals surface area contributed by atoms with E-state index in [-0.39, 0.29) is 0 Å². The number of nitrogens with zero attached hydrogens (tertiary/aromatic N) is 4. The van der Waals surface area contributed by atoms with Gasteiger partial charge in [-0.25, -0.2) is 0 Å². The maximum Gasteiger partial charge on any atom is 0.224 e. The van der Waals surface area contributed by atoms with Crippen LogP contribution in [0.4, 0.5) is 0 Å². The molecular weight excluding hydrogens is 324 g/mol. The minimum absolute atomic E-state index is 0.672. The van der Waals surface area contributed by atoms with Gasteiger partial charge in [0, 0.05) is 41.2 Å². The number of aromatic nitrogens is 4. The average Bonchev–Trinajstić information content (AvgIpc) is 3.24. The second kappa shape index (κ2) is 5.66. The van der Waals surface area contributed by atoms with Crippen molar-refractivity contribution in [3.8, 4) is 22.5 Å². The Morgan fingerprint density at radius 1 is 1.08 bits per heavy atom. The molecular formula is C21H18N4O. The molecule has 4 heterocycles. The van der Waals surface area contributed by atoms with Gasteiger partial charge in [-0.1, -0.05) is 18.2 Å². The highest BCUT2D eigenvalue weighted by atomic mass is 16.5. The van der Waals surface area contributed by atoms with E-state index >= 15 is 0 Å². The monoisotopic (exact) mass is 342 g/mol. The summed E-state index contributed by atoms with van der Waals surface area (Å²) in [6.45, 7) is 2.92. The van der Waals surface area contributed by atoms with Crippen LogP contribution in [0.3, 0.4) is 0 Å². The van der Waals surface area contributed by atoms with Crippen LogP contribution in [0, 0.1) is 12.1 Å². The van der Waals surface area contributed by atoms with Crippen LogP contribution in [0.25, 0.3) is 33.4 Å². The summed E-state index contributed by atoms with van der Waals surface area (Å²) in [6.07, 6.45) is 3.68. The van der Waals surface area contributed by atoms with Crippen LogP contribution in [0.5, 0.6) is 0 Å². The Morgan fingerprint density at radius 3 is 2.85 bits per heavy atom. The number of rotatable bonds is 2. The lowest BCUT2D eigenvalue weighted by atomic mass is 9.96. The molecule has 3 aromatic heterocycles. The number of benzene rings is 1. The zero-order valence-corrected chi connectivity index (χ0v) is 14.5. The lowest BCUT2D eigenvalue weighted by Gasteiger charge is -2.09. The van der Waals surface area contributed by atoms with Gasteiger partial charge in [-0.05, 0) is 38.0 Å². The van der Waals surface area contributed by atoms with Crippen LogP contribution in [0.2, 0.25) is 0 Å². The van der Waals surface area contributed by atoms with Crippen LogP contribution in [0.15, 0.2) is 54.7 Å². The molecule has 0 bridgehead atoms. The van der Waals surface area contributed by atoms with Gasteiger partial charge in [0.1, 0.15) is 5.69 Å². The van der Waals surface area contributed by atoms with E-state index in [1.54, 1.807) is 6.20 Å². The molecule has 0 unspecified atom stereocenters. The van der Waals surface area contributed by atoms with Gasteiger partial charge in [-0.15, -0.1) is 0 Å². The Bertz CT molecular complexity index is 1150. The summed E-state index contributed by atoms with van der Waals surface area (Å²) in [4.78, 5) is 4.70. The third kappa shape index (κ3) is 2.20. The second-order valence-electron chi connectivity index (χ2n) is 6.73. The zero-order valence-electron chi connectivity index (χ0n) is 14.5. The Labute approximate surface area is 151 Å². The molecule has 0 spiro atoms. The van der Waals surface area contributed by atoms with Crippen molar-refractivity contribution < 1.29 is 4.73 Å². The van der Waals surface area contributed by atoms with E-state index in [9.17, 15) is 5.21 Å². The summed E-state index contributed by atoms with van der Waals surface area (Å²) >= 11 is 0. The van der Waals surface area contributed by atoms with Crippen molar-refractivity contribution in [2.45, 2.75) is 26.3 Å². The molecule has 0 atom stereocenters. The highest BCUT2D eigenvalue weighted by Crippen LogP contribution is 2.39. The predicted molar refractivity (Wildman–Crippen MR) is 100 cm³/mol. The normalized spacial score (nSPS) is 13.3. The first-order valence-electron chi connectivity index (χ1n) is 8.87. The Kier molecular flexibility index (Phi) is 3.28. The molecule has 26 heavy (non-hydrogen) atoms. The van der Waals surface area contributed by atoms with Gasteiger partial charge in [-0.3, -0.25) is 9.67 Å². The van der Waals surface area contributed by atoms with Gasteiger partial charge in [0.05, 0.1) is 11.1 Å². The fourth-order valence-corrected chi connectivity index (χ4v) is 3.89. The lowest BCUT2D eigenvalue weighted by Crippen LogP contribution is -2.26. The van der Waals surface area contributed by atoms with E-state index in [0.29, 0.717) is 5.52 Å². The third-order valence-electron chi connectivity index (χ3n) is 5.05. The standard InChI is InChI=1S/C21H18N4O/c1-14-6-4-8-17(22-14)21-20(19-10-5-12-24(19)23-21)16-11-13-25(26)18-9-3-2-7-15(16)18/h2-4,6-9,11,13H,5,10,12H2,1H3. The molecule has 0 radical (unpaired) electrons. The number of para-hydroxylation sites is 1. The van der Waals surface area contributed by atoms with Gasteiger partial charge in [0.25, 0.3) is 0 Å². The van der Waals surface area contributed by atoms with Crippen LogP contribution in [-0.2, 0) is 13.0 Å². The highest BCUT2D eigenvalue weighted by Gasteiger charge is 2.26. The van der Waals surface area contributed by atoms with Crippen molar-refractivity contribution in [1.82, 2.24) is 14.8 Å². The Morgan fingerprint density at radius 2 is 1.96 bits per heavy atom.